The van der Waals surface area contributed by atoms with Gasteiger partial charge in [-0.1, -0.05) is 35.9 Å². The maximum Gasteiger partial charge on any atom is 0.0553 e. The van der Waals surface area contributed by atoms with Crippen molar-refractivity contribution >= 4 is 34.2 Å². The van der Waals surface area contributed by atoms with Crippen molar-refractivity contribution in [3.8, 4) is 0 Å². The number of benzene rings is 2. The average Bonchev–Trinajstić information content (AvgIpc) is 2.48. The van der Waals surface area contributed by atoms with Crippen molar-refractivity contribution in [3.05, 3.63) is 68.3 Å². The second-order valence-electron chi connectivity index (χ2n) is 4.91. The first-order chi connectivity index (χ1) is 9.59. The smallest absolute Gasteiger partial charge is 0.0553 e. The Morgan fingerprint density at radius 3 is 1.95 bits per heavy atom. The molecular weight excluding hydrogens is 387 g/mol. The molecule has 0 aliphatic heterocycles. The highest BCUT2D eigenvalue weighted by Gasteiger charge is 2.31. The lowest BCUT2D eigenvalue weighted by Gasteiger charge is -2.30. The molecule has 2 aromatic carbocycles. The molecule has 0 atom stereocenters. The molecule has 2 N–H and O–H groups in total. The van der Waals surface area contributed by atoms with Gasteiger partial charge in [0.05, 0.1) is 13.2 Å². The van der Waals surface area contributed by atoms with Crippen LogP contribution in [0.25, 0.3) is 0 Å². The van der Waals surface area contributed by atoms with Crippen LogP contribution in [0.1, 0.15) is 11.1 Å². The van der Waals surface area contributed by atoms with E-state index in [4.69, 9.17) is 11.6 Å². The van der Waals surface area contributed by atoms with Gasteiger partial charge in [-0.2, -0.15) is 0 Å². The fraction of sp³-hybridized carbons (Fsp3) is 0.250. The highest BCUT2D eigenvalue weighted by Crippen LogP contribution is 2.29. The Hall–Kier alpha value is -0.620. The molecular formula is C16H16ClIO2. The van der Waals surface area contributed by atoms with Crippen LogP contribution in [-0.4, -0.2) is 23.4 Å². The molecule has 0 aliphatic carbocycles. The van der Waals surface area contributed by atoms with Crippen LogP contribution in [0, 0.1) is 3.57 Å². The van der Waals surface area contributed by atoms with E-state index in [1.165, 1.54) is 0 Å². The van der Waals surface area contributed by atoms with Crippen LogP contribution >= 0.6 is 34.2 Å². The number of aliphatic hydroxyl groups is 2. The molecule has 2 aromatic rings. The van der Waals surface area contributed by atoms with Gasteiger partial charge in [0.25, 0.3) is 0 Å². The largest absolute Gasteiger partial charge is 0.395 e. The van der Waals surface area contributed by atoms with Gasteiger partial charge in [0, 0.05) is 14.0 Å². The van der Waals surface area contributed by atoms with Crippen LogP contribution in [0.15, 0.2) is 48.5 Å². The molecule has 0 spiro atoms. The van der Waals surface area contributed by atoms with Crippen LogP contribution in [0.4, 0.5) is 0 Å². The summed E-state index contributed by atoms with van der Waals surface area (Å²) in [5, 5.41) is 20.3. The summed E-state index contributed by atoms with van der Waals surface area (Å²) >= 11 is 8.15. The quantitative estimate of drug-likeness (QED) is 0.753. The van der Waals surface area contributed by atoms with E-state index in [2.05, 4.69) is 22.6 Å². The first-order valence-corrected chi connectivity index (χ1v) is 7.77. The molecule has 0 heterocycles. The number of hydrogen-bond donors (Lipinski definition) is 2. The molecule has 20 heavy (non-hydrogen) atoms. The van der Waals surface area contributed by atoms with E-state index >= 15 is 0 Å². The minimum Gasteiger partial charge on any atom is -0.395 e. The lowest BCUT2D eigenvalue weighted by atomic mass is 9.77. The monoisotopic (exact) mass is 402 g/mol. The highest BCUT2D eigenvalue weighted by atomic mass is 127. The summed E-state index contributed by atoms with van der Waals surface area (Å²) in [4.78, 5) is 0. The van der Waals surface area contributed by atoms with Crippen molar-refractivity contribution in [2.24, 2.45) is 0 Å². The van der Waals surface area contributed by atoms with Crippen LogP contribution in [0.5, 0.6) is 0 Å². The van der Waals surface area contributed by atoms with Crippen molar-refractivity contribution in [2.45, 2.75) is 11.8 Å². The first-order valence-electron chi connectivity index (χ1n) is 6.32. The van der Waals surface area contributed by atoms with Gasteiger partial charge in [-0.05, 0) is 64.4 Å². The minimum absolute atomic E-state index is 0.114. The fourth-order valence-corrected chi connectivity index (χ4v) is 2.73. The third-order valence-corrected chi connectivity index (χ3v) is 4.49. The zero-order valence-corrected chi connectivity index (χ0v) is 13.8. The molecule has 2 rings (SSSR count). The minimum atomic E-state index is -0.683. The van der Waals surface area contributed by atoms with E-state index in [1.807, 2.05) is 36.4 Å². The average molecular weight is 403 g/mol. The Morgan fingerprint density at radius 2 is 1.45 bits per heavy atom. The Kier molecular flexibility index (Phi) is 5.43. The molecule has 2 nitrogen and oxygen atoms in total. The van der Waals surface area contributed by atoms with Crippen molar-refractivity contribution in [1.29, 1.82) is 0 Å². The topological polar surface area (TPSA) is 40.5 Å². The highest BCUT2D eigenvalue weighted by molar-refractivity contribution is 14.1. The Labute approximate surface area is 137 Å². The summed E-state index contributed by atoms with van der Waals surface area (Å²) in [5.74, 6) is 0. The summed E-state index contributed by atoms with van der Waals surface area (Å²) in [6.45, 7) is -0.228. The van der Waals surface area contributed by atoms with E-state index < -0.39 is 5.41 Å². The molecule has 0 amide bonds. The predicted octanol–water partition coefficient (Wildman–Crippen LogP) is 3.41. The van der Waals surface area contributed by atoms with Gasteiger partial charge in [-0.3, -0.25) is 0 Å². The fourth-order valence-electron chi connectivity index (χ4n) is 2.24. The second kappa shape index (κ2) is 6.89. The van der Waals surface area contributed by atoms with Crippen molar-refractivity contribution in [3.63, 3.8) is 0 Å². The van der Waals surface area contributed by atoms with E-state index in [1.54, 1.807) is 12.1 Å². The Balaban J connectivity index is 2.33. The molecule has 0 aromatic heterocycles. The van der Waals surface area contributed by atoms with Gasteiger partial charge in [0.1, 0.15) is 0 Å². The Bertz CT molecular complexity index is 548. The molecule has 4 heteroatoms. The van der Waals surface area contributed by atoms with Gasteiger partial charge in [0.2, 0.25) is 0 Å². The lowest BCUT2D eigenvalue weighted by Crippen LogP contribution is -2.37. The maximum absolute atomic E-state index is 9.82. The third kappa shape index (κ3) is 3.52. The number of hydrogen-bond acceptors (Lipinski definition) is 2. The Morgan fingerprint density at radius 1 is 0.900 bits per heavy atom. The van der Waals surface area contributed by atoms with Gasteiger partial charge >= 0.3 is 0 Å². The summed E-state index contributed by atoms with van der Waals surface area (Å²) in [6, 6.07) is 15.4. The predicted molar refractivity (Wildman–Crippen MR) is 90.2 cm³/mol. The van der Waals surface area contributed by atoms with Crippen molar-refractivity contribution in [1.82, 2.24) is 0 Å². The second-order valence-corrected chi connectivity index (χ2v) is 6.59. The maximum atomic E-state index is 9.82. The summed E-state index contributed by atoms with van der Waals surface area (Å²) in [5.41, 5.74) is 1.30. The zero-order chi connectivity index (χ0) is 14.6. The van der Waals surface area contributed by atoms with E-state index in [0.717, 1.165) is 14.7 Å². The first kappa shape index (κ1) is 15.8. The molecule has 0 saturated carbocycles. The molecule has 0 unspecified atom stereocenters. The number of rotatable bonds is 5. The molecule has 0 radical (unpaired) electrons. The summed E-state index contributed by atoms with van der Waals surface area (Å²) in [7, 11) is 0. The van der Waals surface area contributed by atoms with Crippen LogP contribution in [0.3, 0.4) is 0 Å². The molecule has 0 fully saturated rings. The molecule has 0 bridgehead atoms. The van der Waals surface area contributed by atoms with Crippen LogP contribution < -0.4 is 0 Å². The van der Waals surface area contributed by atoms with Gasteiger partial charge in [0.15, 0.2) is 0 Å². The van der Waals surface area contributed by atoms with Crippen molar-refractivity contribution < 1.29 is 10.2 Å². The van der Waals surface area contributed by atoms with Crippen LogP contribution in [-0.2, 0) is 11.8 Å². The summed E-state index contributed by atoms with van der Waals surface area (Å²) in [6.07, 6.45) is 0.582. The summed E-state index contributed by atoms with van der Waals surface area (Å²) < 4.78 is 1.16. The normalized spacial score (nSPS) is 11.6. The third-order valence-electron chi connectivity index (χ3n) is 3.52. The van der Waals surface area contributed by atoms with Gasteiger partial charge in [-0.15, -0.1) is 0 Å². The number of halogens is 2. The van der Waals surface area contributed by atoms with Crippen molar-refractivity contribution in [2.75, 3.05) is 13.2 Å². The van der Waals surface area contributed by atoms with Gasteiger partial charge in [-0.25, -0.2) is 0 Å². The molecule has 106 valence electrons. The lowest BCUT2D eigenvalue weighted by molar-refractivity contribution is 0.116. The van der Waals surface area contributed by atoms with Gasteiger partial charge < -0.3 is 10.2 Å². The van der Waals surface area contributed by atoms with Crippen LogP contribution in [0.2, 0.25) is 5.02 Å². The van der Waals surface area contributed by atoms with E-state index in [9.17, 15) is 10.2 Å². The standard InChI is InChI=1S/C16H16ClIO2/c17-14-5-3-13(4-6-14)16(10-19,11-20)9-12-1-7-15(18)8-2-12/h1-8,19-20H,9-11H2. The van der Waals surface area contributed by atoms with E-state index in [0.29, 0.717) is 11.4 Å². The zero-order valence-electron chi connectivity index (χ0n) is 10.9. The molecule has 0 saturated heterocycles. The SMILES string of the molecule is OCC(CO)(Cc1ccc(I)cc1)c1ccc(Cl)cc1. The van der Waals surface area contributed by atoms with E-state index in [-0.39, 0.29) is 13.2 Å². The number of aliphatic hydroxyl groups excluding tert-OH is 2. The molecule has 0 aliphatic rings.